The van der Waals surface area contributed by atoms with Gasteiger partial charge in [-0.1, -0.05) is 18.2 Å². The lowest BCUT2D eigenvalue weighted by atomic mass is 10.0. The van der Waals surface area contributed by atoms with Crippen LogP contribution in [0, 0.1) is 0 Å². The number of benzene rings is 1. The first-order valence-electron chi connectivity index (χ1n) is 6.68. The molecule has 0 spiro atoms. The van der Waals surface area contributed by atoms with E-state index in [1.807, 2.05) is 25.2 Å². The Labute approximate surface area is 123 Å². The number of hydrogen-bond donors (Lipinski definition) is 1. The average Bonchev–Trinajstić information content (AvgIpc) is 2.80. The van der Waals surface area contributed by atoms with E-state index in [0.29, 0.717) is 13.1 Å². The van der Waals surface area contributed by atoms with Gasteiger partial charge in [-0.25, -0.2) is 0 Å². The average molecular weight is 285 g/mol. The molecule has 0 fully saturated rings. The van der Waals surface area contributed by atoms with Crippen molar-refractivity contribution in [2.75, 3.05) is 13.1 Å². The first-order chi connectivity index (χ1) is 10.1. The molecule has 0 bridgehead atoms. The lowest BCUT2D eigenvalue weighted by Crippen LogP contribution is -2.34. The van der Waals surface area contributed by atoms with Gasteiger partial charge >= 0.3 is 5.97 Å². The van der Waals surface area contributed by atoms with Crippen molar-refractivity contribution in [2.24, 2.45) is 7.05 Å². The van der Waals surface area contributed by atoms with Crippen LogP contribution in [0.25, 0.3) is 10.9 Å². The minimum absolute atomic E-state index is 0.480. The number of carboxylic acids is 1. The topological polar surface area (TPSA) is 58.4 Å². The van der Waals surface area contributed by atoms with Gasteiger partial charge in [-0.2, -0.15) is 5.10 Å². The molecule has 0 saturated heterocycles. The number of nitrogens with zero attached hydrogens (tertiary/aromatic N) is 3. The van der Waals surface area contributed by atoms with Crippen LogP contribution in [0.1, 0.15) is 11.6 Å². The summed E-state index contributed by atoms with van der Waals surface area (Å²) >= 11 is 0. The summed E-state index contributed by atoms with van der Waals surface area (Å²) in [5.41, 5.74) is 1.70. The highest BCUT2D eigenvalue weighted by Gasteiger charge is 2.26. The fraction of sp³-hybridized carbons (Fsp3) is 0.250. The summed E-state index contributed by atoms with van der Waals surface area (Å²) in [5, 5.41) is 14.7. The van der Waals surface area contributed by atoms with Gasteiger partial charge in [0.05, 0.1) is 11.7 Å². The zero-order chi connectivity index (χ0) is 15.4. The molecule has 1 aromatic carbocycles. The number of aryl methyl sites for hydroxylation is 1. The first kappa shape index (κ1) is 15.0. The second-order valence-corrected chi connectivity index (χ2v) is 4.86. The molecule has 21 heavy (non-hydrogen) atoms. The number of aliphatic carboxylic acids is 1. The highest BCUT2D eigenvalue weighted by Crippen LogP contribution is 2.25. The van der Waals surface area contributed by atoms with Crippen LogP contribution in [0.3, 0.4) is 0 Å². The molecule has 0 saturated carbocycles. The predicted octanol–water partition coefficient (Wildman–Crippen LogP) is 2.37. The van der Waals surface area contributed by atoms with Crippen LogP contribution in [0.4, 0.5) is 0 Å². The summed E-state index contributed by atoms with van der Waals surface area (Å²) in [6.07, 6.45) is 5.13. The number of rotatable bonds is 7. The molecule has 1 atom stereocenters. The monoisotopic (exact) mass is 285 g/mol. The van der Waals surface area contributed by atoms with Gasteiger partial charge in [0.2, 0.25) is 0 Å². The Morgan fingerprint density at radius 2 is 2.10 bits per heavy atom. The second kappa shape index (κ2) is 6.37. The standard InChI is InChI=1S/C16H19N3O2/c1-4-8-19(9-5-2)15(16(20)21)12-6-7-14-13(10-12)11-17-18(14)3/h4-7,10-11,15H,1-2,8-9H2,3H3,(H,20,21)/t15-/m1/s1. The Balaban J connectivity index is 2.45. The van der Waals surface area contributed by atoms with Gasteiger partial charge in [-0.15, -0.1) is 13.2 Å². The van der Waals surface area contributed by atoms with E-state index in [4.69, 9.17) is 0 Å². The summed E-state index contributed by atoms with van der Waals surface area (Å²) in [6, 6.07) is 4.88. The van der Waals surface area contributed by atoms with Crippen molar-refractivity contribution in [1.29, 1.82) is 0 Å². The van der Waals surface area contributed by atoms with Crippen molar-refractivity contribution in [1.82, 2.24) is 14.7 Å². The van der Waals surface area contributed by atoms with Gasteiger partial charge in [0, 0.05) is 25.5 Å². The lowest BCUT2D eigenvalue weighted by Gasteiger charge is -2.26. The summed E-state index contributed by atoms with van der Waals surface area (Å²) in [5.74, 6) is -0.887. The molecule has 5 nitrogen and oxygen atoms in total. The molecule has 1 N–H and O–H groups in total. The third kappa shape index (κ3) is 3.03. The van der Waals surface area contributed by atoms with E-state index in [9.17, 15) is 9.90 Å². The first-order valence-corrected chi connectivity index (χ1v) is 6.68. The Kier molecular flexibility index (Phi) is 4.55. The Morgan fingerprint density at radius 1 is 1.43 bits per heavy atom. The molecule has 0 aliphatic carbocycles. The maximum Gasteiger partial charge on any atom is 0.325 e. The predicted molar refractivity (Wildman–Crippen MR) is 83.1 cm³/mol. The largest absolute Gasteiger partial charge is 0.480 e. The highest BCUT2D eigenvalue weighted by atomic mass is 16.4. The molecule has 2 rings (SSSR count). The Bertz CT molecular complexity index is 665. The van der Waals surface area contributed by atoms with Crippen LogP contribution in [0.15, 0.2) is 49.7 Å². The van der Waals surface area contributed by atoms with Crippen molar-refractivity contribution in [3.63, 3.8) is 0 Å². The van der Waals surface area contributed by atoms with Gasteiger partial charge in [-0.05, 0) is 17.7 Å². The summed E-state index contributed by atoms with van der Waals surface area (Å²) < 4.78 is 1.76. The van der Waals surface area contributed by atoms with E-state index in [-0.39, 0.29) is 0 Å². The van der Waals surface area contributed by atoms with Crippen LogP contribution in [-0.4, -0.2) is 38.8 Å². The Morgan fingerprint density at radius 3 is 2.67 bits per heavy atom. The molecule has 0 aliphatic rings. The van der Waals surface area contributed by atoms with E-state index >= 15 is 0 Å². The molecule has 0 aliphatic heterocycles. The molecule has 0 unspecified atom stereocenters. The van der Waals surface area contributed by atoms with Crippen molar-refractivity contribution >= 4 is 16.9 Å². The van der Waals surface area contributed by atoms with Gasteiger partial charge in [0.1, 0.15) is 6.04 Å². The smallest absolute Gasteiger partial charge is 0.325 e. The summed E-state index contributed by atoms with van der Waals surface area (Å²) in [7, 11) is 1.86. The van der Waals surface area contributed by atoms with Crippen molar-refractivity contribution in [2.45, 2.75) is 6.04 Å². The van der Waals surface area contributed by atoms with E-state index in [1.54, 1.807) is 27.9 Å². The van der Waals surface area contributed by atoms with Gasteiger partial charge in [0.15, 0.2) is 0 Å². The minimum atomic E-state index is -0.887. The third-order valence-electron chi connectivity index (χ3n) is 3.41. The summed E-state index contributed by atoms with van der Waals surface area (Å²) in [4.78, 5) is 13.5. The van der Waals surface area contributed by atoms with Crippen LogP contribution in [0.5, 0.6) is 0 Å². The number of fused-ring (bicyclic) bond motifs is 1. The Hall–Kier alpha value is -2.40. The van der Waals surface area contributed by atoms with Crippen LogP contribution >= 0.6 is 0 Å². The zero-order valence-electron chi connectivity index (χ0n) is 12.1. The van der Waals surface area contributed by atoms with Gasteiger partial charge in [0.25, 0.3) is 0 Å². The normalized spacial score (nSPS) is 12.5. The fourth-order valence-corrected chi connectivity index (χ4v) is 2.48. The van der Waals surface area contributed by atoms with Crippen molar-refractivity contribution < 1.29 is 9.90 Å². The molecular weight excluding hydrogens is 266 g/mol. The molecule has 1 heterocycles. The van der Waals surface area contributed by atoms with Crippen molar-refractivity contribution in [3.8, 4) is 0 Å². The number of carbonyl (C=O) groups is 1. The quantitative estimate of drug-likeness (QED) is 0.793. The fourth-order valence-electron chi connectivity index (χ4n) is 2.48. The van der Waals surface area contributed by atoms with E-state index < -0.39 is 12.0 Å². The maximum atomic E-state index is 11.7. The molecular formula is C16H19N3O2. The molecule has 1 aromatic heterocycles. The van der Waals surface area contributed by atoms with Crippen LogP contribution in [0.2, 0.25) is 0 Å². The molecule has 0 amide bonds. The lowest BCUT2D eigenvalue weighted by molar-refractivity contribution is -0.143. The number of carboxylic acid groups (broad SMARTS) is 1. The maximum absolute atomic E-state index is 11.7. The summed E-state index contributed by atoms with van der Waals surface area (Å²) in [6.45, 7) is 8.34. The van der Waals surface area contributed by atoms with Crippen LogP contribution < -0.4 is 0 Å². The van der Waals surface area contributed by atoms with Crippen LogP contribution in [-0.2, 0) is 11.8 Å². The van der Waals surface area contributed by atoms with Gasteiger partial charge in [-0.3, -0.25) is 14.4 Å². The minimum Gasteiger partial charge on any atom is -0.480 e. The molecule has 0 radical (unpaired) electrons. The number of hydrogen-bond acceptors (Lipinski definition) is 3. The zero-order valence-corrected chi connectivity index (χ0v) is 12.1. The third-order valence-corrected chi connectivity index (χ3v) is 3.41. The van der Waals surface area contributed by atoms with E-state index in [0.717, 1.165) is 16.5 Å². The molecule has 5 heteroatoms. The van der Waals surface area contributed by atoms with Crippen molar-refractivity contribution in [3.05, 3.63) is 55.3 Å². The second-order valence-electron chi connectivity index (χ2n) is 4.86. The van der Waals surface area contributed by atoms with E-state index in [1.165, 1.54) is 0 Å². The van der Waals surface area contributed by atoms with Gasteiger partial charge < -0.3 is 5.11 Å². The van der Waals surface area contributed by atoms with E-state index in [2.05, 4.69) is 18.3 Å². The highest BCUT2D eigenvalue weighted by molar-refractivity contribution is 5.82. The molecule has 2 aromatic rings. The SMILES string of the molecule is C=CCN(CC=C)[C@@H](C(=O)O)c1ccc2c(cnn2C)c1. The molecule has 110 valence electrons. The number of aromatic nitrogens is 2.